The van der Waals surface area contributed by atoms with Crippen LogP contribution in [0.15, 0.2) is 54.6 Å². The van der Waals surface area contributed by atoms with Crippen molar-refractivity contribution >= 4 is 17.5 Å². The number of nitrogens with zero attached hydrogens (tertiary/aromatic N) is 1. The first-order valence-corrected chi connectivity index (χ1v) is 8.37. The molecule has 2 aromatic carbocycles. The second-order valence-corrected chi connectivity index (χ2v) is 6.15. The molecule has 2 nitrogen and oxygen atoms in total. The van der Waals surface area contributed by atoms with Crippen LogP contribution in [0, 0.1) is 6.92 Å². The fourth-order valence-electron chi connectivity index (χ4n) is 3.02. The molecule has 0 bridgehead atoms. The molecule has 1 saturated heterocycles. The summed E-state index contributed by atoms with van der Waals surface area (Å²) >= 11 is 0. The summed E-state index contributed by atoms with van der Waals surface area (Å²) in [5.74, 6) is 0.0541. The molecule has 1 aliphatic heterocycles. The molecule has 2 aromatic rings. The lowest BCUT2D eigenvalue weighted by Crippen LogP contribution is -2.29. The Morgan fingerprint density at radius 2 is 1.65 bits per heavy atom. The molecule has 0 aliphatic carbocycles. The van der Waals surface area contributed by atoms with Gasteiger partial charge in [-0.3, -0.25) is 4.79 Å². The first kappa shape index (κ1) is 15.5. The monoisotopic (exact) mass is 305 g/mol. The van der Waals surface area contributed by atoms with Crippen molar-refractivity contribution in [3.63, 3.8) is 0 Å². The van der Waals surface area contributed by atoms with E-state index < -0.39 is 0 Å². The van der Waals surface area contributed by atoms with Gasteiger partial charge in [-0.05, 0) is 67.7 Å². The van der Waals surface area contributed by atoms with Crippen molar-refractivity contribution in [3.05, 3.63) is 71.3 Å². The largest absolute Gasteiger partial charge is 0.372 e. The fourth-order valence-corrected chi connectivity index (χ4v) is 3.02. The van der Waals surface area contributed by atoms with Gasteiger partial charge in [0.2, 0.25) is 0 Å². The van der Waals surface area contributed by atoms with Gasteiger partial charge in [-0.1, -0.05) is 30.3 Å². The van der Waals surface area contributed by atoms with Gasteiger partial charge in [0.25, 0.3) is 0 Å². The maximum Gasteiger partial charge on any atom is 0.185 e. The van der Waals surface area contributed by atoms with Gasteiger partial charge in [0.1, 0.15) is 0 Å². The Balaban J connectivity index is 1.69. The van der Waals surface area contributed by atoms with Crippen LogP contribution in [0.2, 0.25) is 0 Å². The van der Waals surface area contributed by atoms with Crippen LogP contribution in [-0.4, -0.2) is 18.9 Å². The van der Waals surface area contributed by atoms with Gasteiger partial charge in [0, 0.05) is 24.3 Å². The molecular weight excluding hydrogens is 282 g/mol. The minimum atomic E-state index is 0.0541. The molecule has 0 spiro atoms. The minimum absolute atomic E-state index is 0.0541. The van der Waals surface area contributed by atoms with E-state index in [1.807, 2.05) is 36.4 Å². The van der Waals surface area contributed by atoms with Gasteiger partial charge in [-0.25, -0.2) is 0 Å². The highest BCUT2D eigenvalue weighted by atomic mass is 16.1. The number of benzene rings is 2. The van der Waals surface area contributed by atoms with Crippen molar-refractivity contribution in [2.45, 2.75) is 26.2 Å². The van der Waals surface area contributed by atoms with Crippen molar-refractivity contribution in [3.8, 4) is 0 Å². The third kappa shape index (κ3) is 3.89. The van der Waals surface area contributed by atoms with Crippen LogP contribution < -0.4 is 4.90 Å². The molecule has 118 valence electrons. The summed E-state index contributed by atoms with van der Waals surface area (Å²) in [6.07, 6.45) is 7.42. The second kappa shape index (κ2) is 7.28. The first-order chi connectivity index (χ1) is 11.2. The van der Waals surface area contributed by atoms with E-state index in [-0.39, 0.29) is 5.78 Å². The van der Waals surface area contributed by atoms with Gasteiger partial charge < -0.3 is 4.90 Å². The fraction of sp³-hybridized carbons (Fsp3) is 0.286. The third-order valence-corrected chi connectivity index (χ3v) is 4.48. The highest BCUT2D eigenvalue weighted by molar-refractivity contribution is 6.07. The normalized spacial score (nSPS) is 15.1. The third-order valence-electron chi connectivity index (χ3n) is 4.48. The molecule has 0 saturated carbocycles. The van der Waals surface area contributed by atoms with Crippen LogP contribution in [0.3, 0.4) is 0 Å². The molecule has 0 atom stereocenters. The Bertz CT molecular complexity index is 694. The zero-order valence-electron chi connectivity index (χ0n) is 13.7. The lowest BCUT2D eigenvalue weighted by atomic mass is 10.1. The van der Waals surface area contributed by atoms with Gasteiger partial charge in [0.05, 0.1) is 0 Å². The van der Waals surface area contributed by atoms with Crippen molar-refractivity contribution in [2.75, 3.05) is 18.0 Å². The molecule has 23 heavy (non-hydrogen) atoms. The number of ketones is 1. The van der Waals surface area contributed by atoms with Crippen molar-refractivity contribution in [2.24, 2.45) is 0 Å². The molecule has 1 fully saturated rings. The van der Waals surface area contributed by atoms with Crippen LogP contribution in [0.4, 0.5) is 5.69 Å². The van der Waals surface area contributed by atoms with E-state index in [4.69, 9.17) is 0 Å². The maximum absolute atomic E-state index is 12.3. The summed E-state index contributed by atoms with van der Waals surface area (Å²) < 4.78 is 0. The van der Waals surface area contributed by atoms with Crippen LogP contribution in [0.5, 0.6) is 0 Å². The smallest absolute Gasteiger partial charge is 0.185 e. The van der Waals surface area contributed by atoms with Gasteiger partial charge >= 0.3 is 0 Å². The first-order valence-electron chi connectivity index (χ1n) is 8.37. The number of aryl methyl sites for hydroxylation is 1. The molecule has 0 amide bonds. The topological polar surface area (TPSA) is 20.3 Å². The Labute approximate surface area is 138 Å². The predicted molar refractivity (Wildman–Crippen MR) is 97.0 cm³/mol. The zero-order chi connectivity index (χ0) is 16.1. The minimum Gasteiger partial charge on any atom is -0.372 e. The number of allylic oxidation sites excluding steroid dienone is 1. The summed E-state index contributed by atoms with van der Waals surface area (Å²) in [4.78, 5) is 14.7. The number of rotatable bonds is 4. The average Bonchev–Trinajstić information content (AvgIpc) is 2.62. The Hall–Kier alpha value is -2.35. The summed E-state index contributed by atoms with van der Waals surface area (Å²) in [7, 11) is 0. The summed E-state index contributed by atoms with van der Waals surface area (Å²) in [6.45, 7) is 4.30. The predicted octanol–water partition coefficient (Wildman–Crippen LogP) is 4.88. The van der Waals surface area contributed by atoms with Crippen molar-refractivity contribution in [1.29, 1.82) is 0 Å². The van der Waals surface area contributed by atoms with Crippen molar-refractivity contribution < 1.29 is 4.79 Å². The van der Waals surface area contributed by atoms with Gasteiger partial charge in [-0.2, -0.15) is 0 Å². The molecular formula is C21H23NO. The van der Waals surface area contributed by atoms with E-state index in [1.54, 1.807) is 6.08 Å². The van der Waals surface area contributed by atoms with E-state index >= 15 is 0 Å². The number of hydrogen-bond donors (Lipinski definition) is 0. The summed E-state index contributed by atoms with van der Waals surface area (Å²) in [6, 6.07) is 16.1. The lowest BCUT2D eigenvalue weighted by Gasteiger charge is -2.28. The van der Waals surface area contributed by atoms with Crippen LogP contribution >= 0.6 is 0 Å². The van der Waals surface area contributed by atoms with E-state index in [1.165, 1.54) is 30.5 Å². The average molecular weight is 305 g/mol. The molecule has 2 heteroatoms. The van der Waals surface area contributed by atoms with Gasteiger partial charge in [-0.15, -0.1) is 0 Å². The van der Waals surface area contributed by atoms with Crippen LogP contribution in [0.25, 0.3) is 6.08 Å². The molecule has 0 radical (unpaired) electrons. The number of anilines is 1. The molecule has 1 aliphatic rings. The Kier molecular flexibility index (Phi) is 4.92. The van der Waals surface area contributed by atoms with E-state index in [0.717, 1.165) is 24.2 Å². The zero-order valence-corrected chi connectivity index (χ0v) is 13.7. The maximum atomic E-state index is 12.3. The van der Waals surface area contributed by atoms with E-state index in [0.29, 0.717) is 0 Å². The number of carbonyl (C=O) groups is 1. The van der Waals surface area contributed by atoms with E-state index in [2.05, 4.69) is 30.0 Å². The molecule has 3 rings (SSSR count). The number of carbonyl (C=O) groups excluding carboxylic acids is 1. The SMILES string of the molecule is Cc1ccccc1/C=C/C(=O)c1ccc(N2CCCCC2)cc1. The lowest BCUT2D eigenvalue weighted by molar-refractivity contribution is 0.104. The number of hydrogen-bond acceptors (Lipinski definition) is 2. The summed E-state index contributed by atoms with van der Waals surface area (Å²) in [5.41, 5.74) is 4.24. The Morgan fingerprint density at radius 1 is 0.957 bits per heavy atom. The summed E-state index contributed by atoms with van der Waals surface area (Å²) in [5, 5.41) is 0. The molecule has 0 aromatic heterocycles. The van der Waals surface area contributed by atoms with Crippen molar-refractivity contribution in [1.82, 2.24) is 0 Å². The number of piperidine rings is 1. The highest BCUT2D eigenvalue weighted by Crippen LogP contribution is 2.20. The molecule has 0 unspecified atom stereocenters. The molecule has 1 heterocycles. The Morgan fingerprint density at radius 3 is 2.35 bits per heavy atom. The molecule has 0 N–H and O–H groups in total. The van der Waals surface area contributed by atoms with E-state index in [9.17, 15) is 4.79 Å². The highest BCUT2D eigenvalue weighted by Gasteiger charge is 2.11. The quantitative estimate of drug-likeness (QED) is 0.592. The standard InChI is InChI=1S/C21H23NO/c1-17-7-3-4-8-18(17)11-14-21(23)19-9-12-20(13-10-19)22-15-5-2-6-16-22/h3-4,7-14H,2,5-6,15-16H2,1H3/b14-11+. The second-order valence-electron chi connectivity index (χ2n) is 6.15. The van der Waals surface area contributed by atoms with Crippen LogP contribution in [0.1, 0.15) is 40.7 Å². The van der Waals surface area contributed by atoms with Crippen LogP contribution in [-0.2, 0) is 0 Å². The van der Waals surface area contributed by atoms with Gasteiger partial charge in [0.15, 0.2) is 5.78 Å².